The third-order valence-corrected chi connectivity index (χ3v) is 4.51. The normalized spacial score (nSPS) is 12.4. The van der Waals surface area contributed by atoms with Gasteiger partial charge >= 0.3 is 0 Å². The SMILES string of the molecule is CC(Cc1cccs1)N(C)c1ccc(CO)cc1Cl. The molecule has 0 spiro atoms. The van der Waals surface area contributed by atoms with Crippen molar-refractivity contribution in [2.45, 2.75) is 26.0 Å². The van der Waals surface area contributed by atoms with Crippen LogP contribution in [0.3, 0.4) is 0 Å². The molecule has 102 valence electrons. The molecule has 1 unspecified atom stereocenters. The lowest BCUT2D eigenvalue weighted by Gasteiger charge is -2.28. The zero-order valence-electron chi connectivity index (χ0n) is 11.1. The van der Waals surface area contributed by atoms with Crippen LogP contribution in [0.1, 0.15) is 17.4 Å². The summed E-state index contributed by atoms with van der Waals surface area (Å²) in [6.07, 6.45) is 1.01. The molecule has 0 bridgehead atoms. The van der Waals surface area contributed by atoms with Gasteiger partial charge in [-0.25, -0.2) is 0 Å². The van der Waals surface area contributed by atoms with Crippen LogP contribution < -0.4 is 4.90 Å². The Labute approximate surface area is 123 Å². The third kappa shape index (κ3) is 3.50. The number of thiophene rings is 1. The van der Waals surface area contributed by atoms with Crippen molar-refractivity contribution >= 4 is 28.6 Å². The van der Waals surface area contributed by atoms with Gasteiger partial charge in [-0.3, -0.25) is 0 Å². The molecule has 2 rings (SSSR count). The predicted octanol–water partition coefficient (Wildman–Crippen LogP) is 3.96. The fraction of sp³-hybridized carbons (Fsp3) is 0.333. The molecule has 1 N–H and O–H groups in total. The van der Waals surface area contributed by atoms with E-state index in [4.69, 9.17) is 16.7 Å². The van der Waals surface area contributed by atoms with Crippen LogP contribution in [-0.4, -0.2) is 18.2 Å². The van der Waals surface area contributed by atoms with Crippen LogP contribution in [-0.2, 0) is 13.0 Å². The van der Waals surface area contributed by atoms with E-state index in [9.17, 15) is 0 Å². The van der Waals surface area contributed by atoms with Gasteiger partial charge in [-0.05, 0) is 36.1 Å². The number of aliphatic hydroxyl groups excluding tert-OH is 1. The highest BCUT2D eigenvalue weighted by Crippen LogP contribution is 2.28. The monoisotopic (exact) mass is 295 g/mol. The van der Waals surface area contributed by atoms with Crippen LogP contribution in [0.5, 0.6) is 0 Å². The maximum atomic E-state index is 9.10. The minimum Gasteiger partial charge on any atom is -0.392 e. The molecule has 0 radical (unpaired) electrons. The van der Waals surface area contributed by atoms with Crippen molar-refractivity contribution in [3.63, 3.8) is 0 Å². The van der Waals surface area contributed by atoms with E-state index >= 15 is 0 Å². The Morgan fingerprint density at radius 2 is 2.16 bits per heavy atom. The lowest BCUT2D eigenvalue weighted by molar-refractivity contribution is 0.282. The van der Waals surface area contributed by atoms with Gasteiger partial charge in [-0.2, -0.15) is 0 Å². The highest BCUT2D eigenvalue weighted by molar-refractivity contribution is 7.09. The van der Waals surface area contributed by atoms with E-state index in [1.54, 1.807) is 11.3 Å². The predicted molar refractivity (Wildman–Crippen MR) is 83.3 cm³/mol. The summed E-state index contributed by atoms with van der Waals surface area (Å²) in [6, 6.07) is 10.3. The molecular weight excluding hydrogens is 278 g/mol. The van der Waals surface area contributed by atoms with Crippen molar-refractivity contribution in [3.8, 4) is 0 Å². The molecule has 2 nitrogen and oxygen atoms in total. The molecule has 2 aromatic rings. The molecule has 0 amide bonds. The molecule has 1 aromatic carbocycles. The number of benzene rings is 1. The fourth-order valence-electron chi connectivity index (χ4n) is 2.03. The van der Waals surface area contributed by atoms with E-state index < -0.39 is 0 Å². The standard InChI is InChI=1S/C15H18ClNOS/c1-11(8-13-4-3-7-19-13)17(2)15-6-5-12(10-18)9-14(15)16/h3-7,9,11,18H,8,10H2,1-2H3. The zero-order chi connectivity index (χ0) is 13.8. The Morgan fingerprint density at radius 3 is 2.74 bits per heavy atom. The smallest absolute Gasteiger partial charge is 0.0682 e. The molecule has 1 atom stereocenters. The molecule has 1 aromatic heterocycles. The number of anilines is 1. The first-order valence-corrected chi connectivity index (χ1v) is 7.52. The Balaban J connectivity index is 2.12. The Bertz CT molecular complexity index is 527. The largest absolute Gasteiger partial charge is 0.392 e. The highest BCUT2D eigenvalue weighted by Gasteiger charge is 2.14. The maximum absolute atomic E-state index is 9.10. The average molecular weight is 296 g/mol. The Hall–Kier alpha value is -1.03. The van der Waals surface area contributed by atoms with E-state index in [-0.39, 0.29) is 6.61 Å². The minimum absolute atomic E-state index is 0.0223. The second-order valence-electron chi connectivity index (χ2n) is 4.69. The number of hydrogen-bond acceptors (Lipinski definition) is 3. The maximum Gasteiger partial charge on any atom is 0.0682 e. The first-order chi connectivity index (χ1) is 9.11. The van der Waals surface area contributed by atoms with E-state index in [0.29, 0.717) is 11.1 Å². The summed E-state index contributed by atoms with van der Waals surface area (Å²) in [5.41, 5.74) is 1.84. The van der Waals surface area contributed by atoms with Crippen molar-refractivity contribution in [1.82, 2.24) is 0 Å². The summed E-state index contributed by atoms with van der Waals surface area (Å²) >= 11 is 8.06. The van der Waals surface area contributed by atoms with Crippen LogP contribution in [0.15, 0.2) is 35.7 Å². The first-order valence-electron chi connectivity index (χ1n) is 6.26. The minimum atomic E-state index is 0.0223. The average Bonchev–Trinajstić information content (AvgIpc) is 2.90. The topological polar surface area (TPSA) is 23.5 Å². The van der Waals surface area contributed by atoms with Gasteiger partial charge in [-0.15, -0.1) is 11.3 Å². The van der Waals surface area contributed by atoms with E-state index in [1.165, 1.54) is 4.88 Å². The van der Waals surface area contributed by atoms with Gasteiger partial charge in [0.1, 0.15) is 0 Å². The third-order valence-electron chi connectivity index (χ3n) is 3.31. The van der Waals surface area contributed by atoms with Gasteiger partial charge in [0.2, 0.25) is 0 Å². The Morgan fingerprint density at radius 1 is 1.37 bits per heavy atom. The molecule has 1 heterocycles. The molecule has 0 aliphatic heterocycles. The van der Waals surface area contributed by atoms with Gasteiger partial charge in [0.25, 0.3) is 0 Å². The molecule has 0 aliphatic carbocycles. The van der Waals surface area contributed by atoms with Gasteiger partial charge in [0.15, 0.2) is 0 Å². The van der Waals surface area contributed by atoms with E-state index in [2.05, 4.69) is 36.4 Å². The molecule has 4 heteroatoms. The molecule has 0 aliphatic rings. The lowest BCUT2D eigenvalue weighted by Crippen LogP contribution is -2.30. The van der Waals surface area contributed by atoms with Crippen molar-refractivity contribution in [2.24, 2.45) is 0 Å². The van der Waals surface area contributed by atoms with Crippen molar-refractivity contribution in [3.05, 3.63) is 51.2 Å². The summed E-state index contributed by atoms with van der Waals surface area (Å²) in [6.45, 7) is 2.21. The number of nitrogens with zero attached hydrogens (tertiary/aromatic N) is 1. The molecule has 0 fully saturated rings. The number of aliphatic hydroxyl groups is 1. The number of hydrogen-bond donors (Lipinski definition) is 1. The van der Waals surface area contributed by atoms with Crippen LogP contribution >= 0.6 is 22.9 Å². The van der Waals surface area contributed by atoms with Gasteiger partial charge in [0, 0.05) is 24.4 Å². The fourth-order valence-corrected chi connectivity index (χ4v) is 3.19. The van der Waals surface area contributed by atoms with E-state index in [1.807, 2.05) is 18.2 Å². The second-order valence-corrected chi connectivity index (χ2v) is 6.13. The molecule has 0 saturated carbocycles. The number of halogens is 1. The summed E-state index contributed by atoms with van der Waals surface area (Å²) in [5.74, 6) is 0. The highest BCUT2D eigenvalue weighted by atomic mass is 35.5. The van der Waals surface area contributed by atoms with Crippen LogP contribution in [0, 0.1) is 0 Å². The molecule has 19 heavy (non-hydrogen) atoms. The molecule has 0 saturated heterocycles. The van der Waals surface area contributed by atoms with Gasteiger partial charge in [-0.1, -0.05) is 23.7 Å². The zero-order valence-corrected chi connectivity index (χ0v) is 12.7. The Kier molecular flexibility index (Phi) is 4.86. The van der Waals surface area contributed by atoms with Crippen LogP contribution in [0.25, 0.3) is 0 Å². The lowest BCUT2D eigenvalue weighted by atomic mass is 10.1. The summed E-state index contributed by atoms with van der Waals surface area (Å²) in [7, 11) is 2.05. The van der Waals surface area contributed by atoms with Crippen LogP contribution in [0.4, 0.5) is 5.69 Å². The quantitative estimate of drug-likeness (QED) is 0.902. The summed E-state index contributed by atoms with van der Waals surface area (Å²) < 4.78 is 0. The summed E-state index contributed by atoms with van der Waals surface area (Å²) in [5, 5.41) is 11.9. The number of likely N-dealkylation sites (N-methyl/N-ethyl adjacent to an activating group) is 1. The van der Waals surface area contributed by atoms with Gasteiger partial charge < -0.3 is 10.0 Å². The summed E-state index contributed by atoms with van der Waals surface area (Å²) in [4.78, 5) is 3.56. The first kappa shape index (κ1) is 14.4. The van der Waals surface area contributed by atoms with Crippen molar-refractivity contribution < 1.29 is 5.11 Å². The molecular formula is C15H18ClNOS. The number of rotatable bonds is 5. The van der Waals surface area contributed by atoms with Crippen molar-refractivity contribution in [2.75, 3.05) is 11.9 Å². The van der Waals surface area contributed by atoms with Crippen LogP contribution in [0.2, 0.25) is 5.02 Å². The van der Waals surface area contributed by atoms with Gasteiger partial charge in [0.05, 0.1) is 17.3 Å². The van der Waals surface area contributed by atoms with Crippen molar-refractivity contribution in [1.29, 1.82) is 0 Å². The second kappa shape index (κ2) is 6.42. The van der Waals surface area contributed by atoms with E-state index in [0.717, 1.165) is 17.7 Å².